The van der Waals surface area contributed by atoms with Gasteiger partial charge in [0.1, 0.15) is 0 Å². The predicted octanol–water partition coefficient (Wildman–Crippen LogP) is 1.56. The van der Waals surface area contributed by atoms with E-state index in [4.69, 9.17) is 15.1 Å². The number of nitrogens with zero attached hydrogens (tertiary/aromatic N) is 1. The van der Waals surface area contributed by atoms with Gasteiger partial charge < -0.3 is 14.6 Å². The van der Waals surface area contributed by atoms with Crippen molar-refractivity contribution >= 4 is 17.9 Å². The van der Waals surface area contributed by atoms with Crippen LogP contribution in [-0.2, 0) is 23.9 Å². The summed E-state index contributed by atoms with van der Waals surface area (Å²) in [6, 6.07) is 1.69. The molecule has 1 unspecified atom stereocenters. The zero-order valence-electron chi connectivity index (χ0n) is 11.2. The Bertz CT molecular complexity index is 396. The van der Waals surface area contributed by atoms with Gasteiger partial charge >= 0.3 is 17.9 Å². The van der Waals surface area contributed by atoms with E-state index in [1.807, 2.05) is 0 Å². The molecular formula is C13H17NO6. The Kier molecular flexibility index (Phi) is 12.6. The van der Waals surface area contributed by atoms with Crippen molar-refractivity contribution in [2.45, 2.75) is 32.5 Å². The summed E-state index contributed by atoms with van der Waals surface area (Å²) in [7, 11) is 0. The first-order valence-corrected chi connectivity index (χ1v) is 5.66. The molecule has 0 saturated heterocycles. The van der Waals surface area contributed by atoms with Gasteiger partial charge in [0.25, 0.3) is 0 Å². The third-order valence-electron chi connectivity index (χ3n) is 1.64. The van der Waals surface area contributed by atoms with Gasteiger partial charge in [-0.1, -0.05) is 20.1 Å². The lowest BCUT2D eigenvalue weighted by Crippen LogP contribution is -2.23. The topological polar surface area (TPSA) is 114 Å². The number of aliphatic carboxylic acids is 1. The summed E-state index contributed by atoms with van der Waals surface area (Å²) in [5.74, 6) is -2.50. The average Bonchev–Trinajstić information content (AvgIpc) is 2.44. The molecule has 1 N–H and O–H groups in total. The molecule has 7 heteroatoms. The van der Waals surface area contributed by atoms with Gasteiger partial charge in [0, 0.05) is 18.6 Å². The minimum Gasteiger partial charge on any atom is -0.481 e. The highest BCUT2D eigenvalue weighted by atomic mass is 16.7. The van der Waals surface area contributed by atoms with Crippen molar-refractivity contribution in [3.8, 4) is 6.07 Å². The summed E-state index contributed by atoms with van der Waals surface area (Å²) in [6.45, 7) is 7.97. The summed E-state index contributed by atoms with van der Waals surface area (Å²) in [6.07, 6.45) is 0.862. The second-order valence-corrected chi connectivity index (χ2v) is 3.20. The molecule has 0 aliphatic rings. The molecule has 0 rings (SSSR count). The molecule has 0 amide bonds. The second-order valence-electron chi connectivity index (χ2n) is 3.20. The lowest BCUT2D eigenvalue weighted by Gasteiger charge is -2.15. The monoisotopic (exact) mass is 283 g/mol. The largest absolute Gasteiger partial charge is 0.481 e. The Labute approximate surface area is 117 Å². The van der Waals surface area contributed by atoms with E-state index in [0.29, 0.717) is 6.42 Å². The predicted molar refractivity (Wildman–Crippen MR) is 69.1 cm³/mol. The first-order valence-electron chi connectivity index (χ1n) is 5.66. The van der Waals surface area contributed by atoms with Crippen molar-refractivity contribution in [2.24, 2.45) is 0 Å². The van der Waals surface area contributed by atoms with Crippen LogP contribution in [0.5, 0.6) is 0 Å². The van der Waals surface area contributed by atoms with Gasteiger partial charge in [-0.05, 0) is 0 Å². The average molecular weight is 283 g/mol. The van der Waals surface area contributed by atoms with E-state index < -0.39 is 24.2 Å². The third kappa shape index (κ3) is 13.4. The minimum absolute atomic E-state index is 0.253. The maximum absolute atomic E-state index is 11.1. The summed E-state index contributed by atoms with van der Waals surface area (Å²) < 4.78 is 9.41. The van der Waals surface area contributed by atoms with Crippen LogP contribution in [-0.4, -0.2) is 29.3 Å². The zero-order chi connectivity index (χ0) is 16.0. The van der Waals surface area contributed by atoms with E-state index in [-0.39, 0.29) is 12.8 Å². The van der Waals surface area contributed by atoms with E-state index in [1.54, 1.807) is 13.0 Å². The van der Waals surface area contributed by atoms with Crippen LogP contribution >= 0.6 is 0 Å². The van der Waals surface area contributed by atoms with E-state index in [9.17, 15) is 14.4 Å². The molecule has 0 saturated carbocycles. The van der Waals surface area contributed by atoms with Crippen LogP contribution in [0.4, 0.5) is 0 Å². The molecule has 110 valence electrons. The highest BCUT2D eigenvalue weighted by Gasteiger charge is 2.16. The molecular weight excluding hydrogens is 266 g/mol. The first-order chi connectivity index (χ1) is 9.40. The van der Waals surface area contributed by atoms with Crippen molar-refractivity contribution in [3.05, 3.63) is 25.3 Å². The summed E-state index contributed by atoms with van der Waals surface area (Å²) >= 11 is 0. The van der Waals surface area contributed by atoms with Crippen molar-refractivity contribution in [1.29, 1.82) is 5.26 Å². The fraction of sp³-hybridized carbons (Fsp3) is 0.385. The molecule has 0 aromatic rings. The summed E-state index contributed by atoms with van der Waals surface area (Å²) in [4.78, 5) is 32.1. The number of carboxylic acid groups (broad SMARTS) is 1. The number of nitriles is 1. The number of allylic oxidation sites excluding steroid dienone is 1. The quantitative estimate of drug-likeness (QED) is 0.326. The van der Waals surface area contributed by atoms with Gasteiger partial charge in [-0.15, -0.1) is 0 Å². The number of carboxylic acids is 1. The van der Waals surface area contributed by atoms with Crippen LogP contribution in [0.1, 0.15) is 26.2 Å². The normalized spacial score (nSPS) is 9.80. The standard InChI is InChI=1S/C10H14O6.C3H3N/c1-3-8(13)15-10(4-2)16-9(14)6-5-7(11)12;1-2-3-4/h3,10H,1,4-6H2,2H3,(H,11,12);2H,1H2. The second kappa shape index (κ2) is 12.8. The third-order valence-corrected chi connectivity index (χ3v) is 1.64. The number of hydrogen-bond donors (Lipinski definition) is 1. The van der Waals surface area contributed by atoms with Crippen LogP contribution < -0.4 is 0 Å². The highest BCUT2D eigenvalue weighted by Crippen LogP contribution is 2.04. The maximum atomic E-state index is 11.1. The molecule has 7 nitrogen and oxygen atoms in total. The lowest BCUT2D eigenvalue weighted by atomic mass is 10.3. The van der Waals surface area contributed by atoms with Crippen molar-refractivity contribution in [2.75, 3.05) is 0 Å². The number of hydrogen-bond acceptors (Lipinski definition) is 6. The highest BCUT2D eigenvalue weighted by molar-refractivity contribution is 5.81. The number of ether oxygens (including phenoxy) is 2. The van der Waals surface area contributed by atoms with E-state index in [0.717, 1.165) is 6.08 Å². The number of rotatable bonds is 7. The van der Waals surface area contributed by atoms with E-state index in [1.165, 1.54) is 6.08 Å². The molecule has 1 atom stereocenters. The van der Waals surface area contributed by atoms with Crippen LogP contribution in [0.15, 0.2) is 25.3 Å². The Morgan fingerprint density at radius 3 is 2.20 bits per heavy atom. The Hall–Kier alpha value is -2.62. The van der Waals surface area contributed by atoms with Crippen LogP contribution in [0.3, 0.4) is 0 Å². The zero-order valence-corrected chi connectivity index (χ0v) is 11.2. The van der Waals surface area contributed by atoms with Gasteiger partial charge in [-0.2, -0.15) is 5.26 Å². The van der Waals surface area contributed by atoms with Gasteiger partial charge in [-0.25, -0.2) is 4.79 Å². The van der Waals surface area contributed by atoms with Crippen molar-refractivity contribution in [1.82, 2.24) is 0 Å². The first kappa shape index (κ1) is 19.7. The van der Waals surface area contributed by atoms with Crippen LogP contribution in [0.25, 0.3) is 0 Å². The number of esters is 2. The molecule has 0 aliphatic carbocycles. The molecule has 0 aromatic heterocycles. The van der Waals surface area contributed by atoms with Gasteiger partial charge in [-0.3, -0.25) is 9.59 Å². The maximum Gasteiger partial charge on any atom is 0.333 e. The molecule has 0 radical (unpaired) electrons. The molecule has 0 fully saturated rings. The summed E-state index contributed by atoms with van der Waals surface area (Å²) in [5, 5.41) is 15.8. The molecule has 0 aromatic carbocycles. The van der Waals surface area contributed by atoms with Crippen LogP contribution in [0, 0.1) is 11.3 Å². The molecule has 20 heavy (non-hydrogen) atoms. The Balaban J connectivity index is 0. The van der Waals surface area contributed by atoms with Crippen LogP contribution in [0.2, 0.25) is 0 Å². The SMILES string of the molecule is C=CC#N.C=CC(=O)OC(CC)OC(=O)CCC(=O)O. The Morgan fingerprint density at radius 2 is 1.85 bits per heavy atom. The fourth-order valence-corrected chi connectivity index (χ4v) is 0.783. The summed E-state index contributed by atoms with van der Waals surface area (Å²) in [5.41, 5.74) is 0. The van der Waals surface area contributed by atoms with Gasteiger partial charge in [0.15, 0.2) is 0 Å². The molecule has 0 spiro atoms. The molecule has 0 aliphatic heterocycles. The fourth-order valence-electron chi connectivity index (χ4n) is 0.783. The van der Waals surface area contributed by atoms with Gasteiger partial charge in [0.2, 0.25) is 6.29 Å². The lowest BCUT2D eigenvalue weighted by molar-refractivity contribution is -0.185. The number of carbonyl (C=O) groups is 3. The van der Waals surface area contributed by atoms with Crippen molar-refractivity contribution < 1.29 is 29.0 Å². The van der Waals surface area contributed by atoms with E-state index >= 15 is 0 Å². The number of carbonyl (C=O) groups excluding carboxylic acids is 2. The molecule has 0 bridgehead atoms. The van der Waals surface area contributed by atoms with Gasteiger partial charge in [0.05, 0.1) is 18.9 Å². The minimum atomic E-state index is -1.09. The Morgan fingerprint density at radius 1 is 1.30 bits per heavy atom. The smallest absolute Gasteiger partial charge is 0.333 e. The van der Waals surface area contributed by atoms with E-state index in [2.05, 4.69) is 17.9 Å². The molecule has 0 heterocycles. The van der Waals surface area contributed by atoms with Crippen molar-refractivity contribution in [3.63, 3.8) is 0 Å².